The first-order chi connectivity index (χ1) is 23.2. The van der Waals surface area contributed by atoms with E-state index >= 15 is 9.59 Å². The number of carbonyl (C=O) groups excluding carboxylic acids is 2. The van der Waals surface area contributed by atoms with Crippen LogP contribution in [0.5, 0.6) is 0 Å². The molecule has 12 heteroatoms. The molecule has 0 aromatic heterocycles. The van der Waals surface area contributed by atoms with Gasteiger partial charge < -0.3 is 17.7 Å². The van der Waals surface area contributed by atoms with Gasteiger partial charge in [-0.3, -0.25) is 19.4 Å². The van der Waals surface area contributed by atoms with E-state index < -0.39 is 58.2 Å². The van der Waals surface area contributed by atoms with Gasteiger partial charge in [0.1, 0.15) is 24.9 Å². The molecule has 2 saturated heterocycles. The lowest BCUT2D eigenvalue weighted by molar-refractivity contribution is -0.0270. The van der Waals surface area contributed by atoms with Crippen LogP contribution >= 0.6 is 0 Å². The van der Waals surface area contributed by atoms with E-state index in [9.17, 15) is 0 Å². The van der Waals surface area contributed by atoms with Crippen LogP contribution in [0.4, 0.5) is 0 Å². The van der Waals surface area contributed by atoms with Crippen LogP contribution in [-0.2, 0) is 17.7 Å². The highest BCUT2D eigenvalue weighted by Crippen LogP contribution is 2.45. The van der Waals surface area contributed by atoms with Gasteiger partial charge in [-0.1, -0.05) is 95.2 Å². The molecule has 1 aromatic carbocycles. The fourth-order valence-corrected chi connectivity index (χ4v) is 10.7. The van der Waals surface area contributed by atoms with Gasteiger partial charge in [-0.15, -0.1) is 0 Å². The standard InChI is InChI=1S/C40H76N2O6Si4/c1-37(2,3)49(13,14)45-31-25-26-32(46-50(15,16)38(4,5)6)41(31)35(43)29-23-21-22-24-30(29)36(44)42-33(47-51(17,18)39(7,8)9)27-28-34(42)48-52(19,20)40(10,11)12/h21-24,31-34H,25-28H2,1-20H3/t31-,32-,33-,34-/m1/s1. The van der Waals surface area contributed by atoms with E-state index in [-0.39, 0.29) is 32.0 Å². The molecule has 2 aliphatic heterocycles. The zero-order valence-electron chi connectivity index (χ0n) is 36.8. The summed E-state index contributed by atoms with van der Waals surface area (Å²) in [4.78, 5) is 34.0. The van der Waals surface area contributed by atoms with Crippen molar-refractivity contribution in [3.05, 3.63) is 35.4 Å². The van der Waals surface area contributed by atoms with Crippen molar-refractivity contribution in [2.75, 3.05) is 0 Å². The molecule has 0 spiro atoms. The lowest BCUT2D eigenvalue weighted by Crippen LogP contribution is -2.55. The van der Waals surface area contributed by atoms with Crippen LogP contribution in [0, 0.1) is 0 Å². The maximum atomic E-state index is 15.1. The van der Waals surface area contributed by atoms with Gasteiger partial charge in [0.15, 0.2) is 33.3 Å². The minimum absolute atomic E-state index is 0.0396. The van der Waals surface area contributed by atoms with Gasteiger partial charge in [0.25, 0.3) is 11.8 Å². The van der Waals surface area contributed by atoms with Crippen LogP contribution in [0.3, 0.4) is 0 Å². The third kappa shape index (κ3) is 9.62. The molecular weight excluding hydrogens is 717 g/mol. The van der Waals surface area contributed by atoms with Crippen LogP contribution in [0.1, 0.15) is 129 Å². The molecule has 2 fully saturated rings. The summed E-state index contributed by atoms with van der Waals surface area (Å²) in [5, 5.41) is -0.159. The molecule has 0 saturated carbocycles. The number of rotatable bonds is 10. The molecule has 298 valence electrons. The van der Waals surface area contributed by atoms with E-state index in [1.54, 1.807) is 12.1 Å². The summed E-state index contributed by atoms with van der Waals surface area (Å²) < 4.78 is 28.0. The van der Waals surface area contributed by atoms with Crippen molar-refractivity contribution in [3.8, 4) is 0 Å². The van der Waals surface area contributed by atoms with Crippen molar-refractivity contribution in [1.29, 1.82) is 0 Å². The molecular formula is C40H76N2O6Si4. The van der Waals surface area contributed by atoms with E-state index in [0.29, 0.717) is 36.8 Å². The number of benzene rings is 1. The van der Waals surface area contributed by atoms with Crippen LogP contribution in [0.25, 0.3) is 0 Å². The Morgan fingerprint density at radius 2 is 0.654 bits per heavy atom. The second kappa shape index (κ2) is 15.1. The Kier molecular flexibility index (Phi) is 13.1. The van der Waals surface area contributed by atoms with Crippen LogP contribution < -0.4 is 0 Å². The van der Waals surface area contributed by atoms with E-state index in [1.165, 1.54) is 0 Å². The Morgan fingerprint density at radius 3 is 0.827 bits per heavy atom. The number of hydrogen-bond donors (Lipinski definition) is 0. The average molecular weight is 793 g/mol. The highest BCUT2D eigenvalue weighted by molar-refractivity contribution is 6.75. The second-order valence-electron chi connectivity index (χ2n) is 21.5. The molecule has 0 N–H and O–H groups in total. The lowest BCUT2D eigenvalue weighted by Gasteiger charge is -2.44. The van der Waals surface area contributed by atoms with Crippen molar-refractivity contribution in [3.63, 3.8) is 0 Å². The quantitative estimate of drug-likeness (QED) is 0.220. The predicted octanol–water partition coefficient (Wildman–Crippen LogP) is 11.6. The van der Waals surface area contributed by atoms with Gasteiger partial charge >= 0.3 is 0 Å². The number of hydrogen-bond acceptors (Lipinski definition) is 6. The Morgan fingerprint density at radius 1 is 0.462 bits per heavy atom. The van der Waals surface area contributed by atoms with Gasteiger partial charge in [0, 0.05) is 0 Å². The molecule has 4 atom stereocenters. The van der Waals surface area contributed by atoms with Crippen molar-refractivity contribution in [2.24, 2.45) is 0 Å². The number of amides is 2. The first-order valence-corrected chi connectivity index (χ1v) is 31.2. The molecule has 52 heavy (non-hydrogen) atoms. The van der Waals surface area contributed by atoms with E-state index in [2.05, 4.69) is 135 Å². The first-order valence-electron chi connectivity index (χ1n) is 19.6. The molecule has 0 bridgehead atoms. The fourth-order valence-electron chi connectivity index (χ4n) is 5.69. The van der Waals surface area contributed by atoms with Crippen molar-refractivity contribution in [1.82, 2.24) is 9.80 Å². The Labute approximate surface area is 322 Å². The SMILES string of the molecule is CC(C)(C)[Si](C)(C)O[C@@H]1CC[C@@H](O[Si](C)(C)C(C)(C)C)N1C(=O)c1ccccc1C(=O)N1[C@H](O[Si](C)(C)C(C)(C)C)CC[C@H]1O[Si](C)(C)C(C)(C)C. The Bertz CT molecular complexity index is 1260. The summed E-state index contributed by atoms with van der Waals surface area (Å²) in [7, 11) is -9.10. The number of nitrogens with zero attached hydrogens (tertiary/aromatic N) is 2. The summed E-state index contributed by atoms with van der Waals surface area (Å²) in [6.45, 7) is 44.5. The van der Waals surface area contributed by atoms with Gasteiger partial charge in [0.05, 0.1) is 11.1 Å². The predicted molar refractivity (Wildman–Crippen MR) is 226 cm³/mol. The van der Waals surface area contributed by atoms with Gasteiger partial charge in [-0.25, -0.2) is 0 Å². The smallest absolute Gasteiger partial charge is 0.258 e. The van der Waals surface area contributed by atoms with Crippen LogP contribution in [0.2, 0.25) is 72.5 Å². The van der Waals surface area contributed by atoms with Crippen LogP contribution in [0.15, 0.2) is 24.3 Å². The monoisotopic (exact) mass is 792 g/mol. The van der Waals surface area contributed by atoms with Crippen molar-refractivity contribution >= 4 is 45.1 Å². The van der Waals surface area contributed by atoms with E-state index in [0.717, 1.165) is 0 Å². The number of likely N-dealkylation sites (tertiary alicyclic amines) is 2. The third-order valence-electron chi connectivity index (χ3n) is 13.4. The summed E-state index contributed by atoms with van der Waals surface area (Å²) in [6, 6.07) is 7.30. The second-order valence-corrected chi connectivity index (χ2v) is 40.5. The van der Waals surface area contributed by atoms with Gasteiger partial charge in [-0.05, 0) is 110 Å². The molecule has 2 amide bonds. The summed E-state index contributed by atoms with van der Waals surface area (Å²) in [6.07, 6.45) is 0.972. The first kappa shape index (κ1) is 45.3. The molecule has 1 aromatic rings. The van der Waals surface area contributed by atoms with Crippen LogP contribution in [-0.4, -0.2) is 79.8 Å². The van der Waals surface area contributed by atoms with E-state index in [1.807, 2.05) is 21.9 Å². The Balaban J connectivity index is 2.15. The van der Waals surface area contributed by atoms with E-state index in [4.69, 9.17) is 17.7 Å². The minimum atomic E-state index is -2.27. The topological polar surface area (TPSA) is 77.5 Å². The lowest BCUT2D eigenvalue weighted by atomic mass is 10.0. The van der Waals surface area contributed by atoms with Crippen molar-refractivity contribution in [2.45, 2.75) is 206 Å². The highest BCUT2D eigenvalue weighted by Gasteiger charge is 2.51. The summed E-state index contributed by atoms with van der Waals surface area (Å²) in [5.74, 6) is -0.450. The summed E-state index contributed by atoms with van der Waals surface area (Å²) >= 11 is 0. The summed E-state index contributed by atoms with van der Waals surface area (Å²) in [5.41, 5.74) is 0.734. The maximum absolute atomic E-state index is 15.1. The molecule has 0 radical (unpaired) electrons. The minimum Gasteiger partial charge on any atom is -0.397 e. The molecule has 2 aliphatic rings. The van der Waals surface area contributed by atoms with Gasteiger partial charge in [-0.2, -0.15) is 0 Å². The Hall–Kier alpha value is -1.13. The highest BCUT2D eigenvalue weighted by atomic mass is 28.4. The largest absolute Gasteiger partial charge is 0.397 e. The fraction of sp³-hybridized carbons (Fsp3) is 0.800. The molecule has 8 nitrogen and oxygen atoms in total. The number of carbonyl (C=O) groups is 2. The average Bonchev–Trinajstić information content (AvgIpc) is 3.51. The molecule has 0 unspecified atom stereocenters. The zero-order chi connectivity index (χ0) is 40.3. The van der Waals surface area contributed by atoms with Crippen molar-refractivity contribution < 1.29 is 27.3 Å². The van der Waals surface area contributed by atoms with Gasteiger partial charge in [0.2, 0.25) is 0 Å². The molecule has 2 heterocycles. The normalized spacial score (nSPS) is 23.1. The maximum Gasteiger partial charge on any atom is 0.258 e. The third-order valence-corrected chi connectivity index (χ3v) is 31.3. The molecule has 0 aliphatic carbocycles. The molecule has 3 rings (SSSR count). The zero-order valence-corrected chi connectivity index (χ0v) is 40.8.